The molecule has 8 nitrogen and oxygen atoms in total. The highest BCUT2D eigenvalue weighted by atomic mass is 16.6. The smallest absolute Gasteiger partial charge is 0.362 e. The molecule has 366 valence electrons. The maximum Gasteiger partial charge on any atom is 0.362 e. The first-order valence-electron chi connectivity index (χ1n) is 26.2. The quantitative estimate of drug-likeness (QED) is 0.0281. The van der Waals surface area contributed by atoms with Crippen LogP contribution in [-0.4, -0.2) is 80.6 Å². The summed E-state index contributed by atoms with van der Waals surface area (Å²) in [5.74, 6) is -1.53. The van der Waals surface area contributed by atoms with E-state index in [9.17, 15) is 19.5 Å². The molecule has 0 spiro atoms. The van der Waals surface area contributed by atoms with Gasteiger partial charge in [-0.2, -0.15) is 0 Å². The Balaban J connectivity index is 4.26. The van der Waals surface area contributed by atoms with Crippen molar-refractivity contribution in [2.75, 3.05) is 41.0 Å². The Morgan fingerprint density at radius 3 is 1.29 bits per heavy atom. The van der Waals surface area contributed by atoms with Crippen LogP contribution in [0, 0.1) is 0 Å². The van der Waals surface area contributed by atoms with Crippen LogP contribution < -0.4 is 0 Å². The molecule has 63 heavy (non-hydrogen) atoms. The van der Waals surface area contributed by atoms with Gasteiger partial charge >= 0.3 is 17.9 Å². The summed E-state index contributed by atoms with van der Waals surface area (Å²) in [6, 6.07) is -0.625. The fourth-order valence-corrected chi connectivity index (χ4v) is 7.67. The molecule has 0 aliphatic heterocycles. The third kappa shape index (κ3) is 44.3. The van der Waals surface area contributed by atoms with Gasteiger partial charge in [0.2, 0.25) is 0 Å². The minimum Gasteiger partial charge on any atom is -0.477 e. The molecule has 1 N–H and O–H groups in total. The lowest BCUT2D eigenvalue weighted by molar-refractivity contribution is -0.887. The Bertz CT molecular complexity index is 1170. The summed E-state index contributed by atoms with van der Waals surface area (Å²) in [7, 11) is 5.52. The Kier molecular flexibility index (Phi) is 43.9. The number of likely N-dealkylation sites (N-methyl/N-ethyl adjacent to an activating group) is 1. The molecule has 0 aromatic heterocycles. The lowest BCUT2D eigenvalue weighted by Crippen LogP contribution is -2.50. The molecular weight excluding hydrogens is 787 g/mol. The number of hydrogen-bond acceptors (Lipinski definition) is 6. The first-order valence-corrected chi connectivity index (χ1v) is 26.2. The van der Waals surface area contributed by atoms with Crippen LogP contribution in [0.25, 0.3) is 0 Å². The first-order chi connectivity index (χ1) is 30.6. The minimum atomic E-state index is -0.882. The number of hydrogen-bond donors (Lipinski definition) is 1. The van der Waals surface area contributed by atoms with Gasteiger partial charge in [-0.3, -0.25) is 9.59 Å². The van der Waals surface area contributed by atoms with E-state index in [4.69, 9.17) is 14.2 Å². The van der Waals surface area contributed by atoms with Gasteiger partial charge < -0.3 is 23.8 Å². The molecule has 0 saturated carbocycles. The number of carbonyl (C=O) groups is 3. The van der Waals surface area contributed by atoms with Crippen LogP contribution >= 0.6 is 0 Å². The van der Waals surface area contributed by atoms with E-state index in [0.717, 1.165) is 44.9 Å². The third-order valence-corrected chi connectivity index (χ3v) is 11.7. The Hall–Kier alpha value is -2.71. The second-order valence-corrected chi connectivity index (χ2v) is 18.8. The van der Waals surface area contributed by atoms with Gasteiger partial charge in [-0.05, 0) is 51.4 Å². The summed E-state index contributed by atoms with van der Waals surface area (Å²) in [6.45, 7) is 4.68. The maximum absolute atomic E-state index is 12.8. The van der Waals surface area contributed by atoms with Gasteiger partial charge in [-0.1, -0.05) is 210 Å². The molecule has 0 aromatic carbocycles. The summed E-state index contributed by atoms with van der Waals surface area (Å²) in [6.07, 6.45) is 56.0. The molecule has 0 saturated heterocycles. The van der Waals surface area contributed by atoms with Gasteiger partial charge in [-0.25, -0.2) is 4.79 Å². The van der Waals surface area contributed by atoms with Gasteiger partial charge in [-0.15, -0.1) is 0 Å². The van der Waals surface area contributed by atoms with E-state index in [2.05, 4.69) is 62.5 Å². The molecule has 0 aromatic rings. The highest BCUT2D eigenvalue weighted by molar-refractivity contribution is 5.72. The summed E-state index contributed by atoms with van der Waals surface area (Å²) in [4.78, 5) is 37.1. The standard InChI is InChI=1S/C55H99NO7/c1-6-8-10-12-14-16-18-20-22-24-25-26-27-28-30-31-33-35-37-39-41-43-45-53(57)62-50-51(49-61-48-47-52(55(59)60)56(3,4)5)63-54(58)46-44-42-40-38-36-34-32-29-23-21-19-17-15-13-11-9-7-2/h15,17,21,23,32,34,38,40,51-52H,6-14,16,18-20,22,24-31,33,35-37,39,41-50H2,1-5H3/p+1/b17-15+,23-21+,34-32+,40-38+. The lowest BCUT2D eigenvalue weighted by atomic mass is 10.0. The molecule has 0 heterocycles. The molecule has 0 rings (SSSR count). The Morgan fingerprint density at radius 1 is 0.476 bits per heavy atom. The number of carboxylic acids is 1. The zero-order valence-electron chi connectivity index (χ0n) is 41.8. The Morgan fingerprint density at radius 2 is 0.857 bits per heavy atom. The molecule has 8 heteroatoms. The number of carbonyl (C=O) groups excluding carboxylic acids is 2. The first kappa shape index (κ1) is 60.3. The SMILES string of the molecule is CCCCC/C=C/C/C=C/C/C=C/C/C=C/CCCC(=O)OC(COCCC(C(=O)O)[N+](C)(C)C)COC(=O)CCCCCCCCCCCCCCCCCCCCCCCC. The summed E-state index contributed by atoms with van der Waals surface area (Å²) in [5.41, 5.74) is 0. The highest BCUT2D eigenvalue weighted by Crippen LogP contribution is 2.16. The van der Waals surface area contributed by atoms with E-state index in [-0.39, 0.29) is 42.7 Å². The van der Waals surface area contributed by atoms with Crippen LogP contribution in [0.4, 0.5) is 0 Å². The normalized spacial score (nSPS) is 13.2. The monoisotopic (exact) mass is 887 g/mol. The minimum absolute atomic E-state index is 0.0408. The fourth-order valence-electron chi connectivity index (χ4n) is 7.67. The predicted molar refractivity (Wildman–Crippen MR) is 266 cm³/mol. The van der Waals surface area contributed by atoms with E-state index in [1.165, 1.54) is 148 Å². The number of allylic oxidation sites excluding steroid dienone is 8. The molecule has 2 unspecified atom stereocenters. The van der Waals surface area contributed by atoms with E-state index >= 15 is 0 Å². The van der Waals surface area contributed by atoms with Gasteiger partial charge in [0.25, 0.3) is 0 Å². The summed E-state index contributed by atoms with van der Waals surface area (Å²) in [5, 5.41) is 9.65. The van der Waals surface area contributed by atoms with Crippen molar-refractivity contribution < 1.29 is 38.2 Å². The van der Waals surface area contributed by atoms with Gasteiger partial charge in [0.1, 0.15) is 6.61 Å². The molecular formula is C55H100NO7+. The van der Waals surface area contributed by atoms with Crippen molar-refractivity contribution in [3.8, 4) is 0 Å². The molecule has 0 fully saturated rings. The van der Waals surface area contributed by atoms with Crippen molar-refractivity contribution in [2.45, 2.75) is 244 Å². The number of aliphatic carboxylic acids is 1. The van der Waals surface area contributed by atoms with E-state index in [0.29, 0.717) is 19.3 Å². The second kappa shape index (κ2) is 45.8. The topological polar surface area (TPSA) is 99.1 Å². The van der Waals surface area contributed by atoms with Crippen LogP contribution in [0.15, 0.2) is 48.6 Å². The zero-order chi connectivity index (χ0) is 46.3. The number of esters is 2. The zero-order valence-corrected chi connectivity index (χ0v) is 41.8. The summed E-state index contributed by atoms with van der Waals surface area (Å²) >= 11 is 0. The van der Waals surface area contributed by atoms with E-state index in [1.54, 1.807) is 0 Å². The lowest BCUT2D eigenvalue weighted by Gasteiger charge is -2.31. The highest BCUT2D eigenvalue weighted by Gasteiger charge is 2.31. The van der Waals surface area contributed by atoms with Crippen molar-refractivity contribution in [2.24, 2.45) is 0 Å². The van der Waals surface area contributed by atoms with Crippen LogP contribution in [0.5, 0.6) is 0 Å². The van der Waals surface area contributed by atoms with Crippen molar-refractivity contribution in [3.05, 3.63) is 48.6 Å². The van der Waals surface area contributed by atoms with Crippen LogP contribution in [0.1, 0.15) is 232 Å². The molecule has 0 radical (unpaired) electrons. The van der Waals surface area contributed by atoms with Crippen LogP contribution in [0.3, 0.4) is 0 Å². The van der Waals surface area contributed by atoms with Crippen molar-refractivity contribution >= 4 is 17.9 Å². The molecule has 0 amide bonds. The predicted octanol–water partition coefficient (Wildman–Crippen LogP) is 15.1. The number of rotatable bonds is 47. The van der Waals surface area contributed by atoms with Crippen LogP contribution in [0.2, 0.25) is 0 Å². The van der Waals surface area contributed by atoms with E-state index < -0.39 is 18.1 Å². The number of carboxylic acid groups (broad SMARTS) is 1. The number of nitrogens with zero attached hydrogens (tertiary/aromatic N) is 1. The second-order valence-electron chi connectivity index (χ2n) is 18.8. The third-order valence-electron chi connectivity index (χ3n) is 11.7. The Labute approximate surface area is 388 Å². The van der Waals surface area contributed by atoms with Gasteiger partial charge in [0.05, 0.1) is 34.4 Å². The largest absolute Gasteiger partial charge is 0.477 e. The van der Waals surface area contributed by atoms with Crippen molar-refractivity contribution in [1.29, 1.82) is 0 Å². The van der Waals surface area contributed by atoms with Crippen LogP contribution in [-0.2, 0) is 28.6 Å². The molecule has 0 aliphatic rings. The van der Waals surface area contributed by atoms with Gasteiger partial charge in [0.15, 0.2) is 12.1 Å². The number of unbranched alkanes of at least 4 members (excludes halogenated alkanes) is 25. The van der Waals surface area contributed by atoms with Gasteiger partial charge in [0, 0.05) is 19.3 Å². The number of ether oxygens (including phenoxy) is 3. The van der Waals surface area contributed by atoms with E-state index in [1.807, 2.05) is 21.1 Å². The number of quaternary nitrogens is 1. The average molecular weight is 887 g/mol. The molecule has 0 bridgehead atoms. The maximum atomic E-state index is 12.8. The fraction of sp³-hybridized carbons (Fsp3) is 0.800. The average Bonchev–Trinajstić information content (AvgIpc) is 3.24. The summed E-state index contributed by atoms with van der Waals surface area (Å²) < 4.78 is 17.3. The van der Waals surface area contributed by atoms with Crippen molar-refractivity contribution in [1.82, 2.24) is 0 Å². The van der Waals surface area contributed by atoms with Crippen molar-refractivity contribution in [3.63, 3.8) is 0 Å². The molecule has 0 aliphatic carbocycles. The molecule has 2 atom stereocenters.